The zero-order chi connectivity index (χ0) is 12.9. The average Bonchev–Trinajstić information content (AvgIpc) is 3.25. The maximum Gasteiger partial charge on any atom is 0.0143 e. The zero-order valence-electron chi connectivity index (χ0n) is 11.3. The molecule has 1 heteroatoms. The molecule has 0 aromatic heterocycles. The van der Waals surface area contributed by atoms with Crippen molar-refractivity contribution in [3.63, 3.8) is 0 Å². The van der Waals surface area contributed by atoms with Crippen LogP contribution in [0.25, 0.3) is 0 Å². The van der Waals surface area contributed by atoms with Crippen molar-refractivity contribution in [3.05, 3.63) is 71.8 Å². The van der Waals surface area contributed by atoms with Crippen LogP contribution >= 0.6 is 0 Å². The summed E-state index contributed by atoms with van der Waals surface area (Å²) in [5.74, 6) is 0.748. The van der Waals surface area contributed by atoms with Gasteiger partial charge in [0.25, 0.3) is 0 Å². The smallest absolute Gasteiger partial charge is 0.0143 e. The van der Waals surface area contributed by atoms with Gasteiger partial charge in [-0.05, 0) is 36.9 Å². The zero-order valence-corrected chi connectivity index (χ0v) is 11.3. The standard InChI is InChI=1S/C18H21N/c1-3-8-15(9-4-1)10-7-13-19-18-14-17(18)16-11-5-2-6-12-16/h1-6,8-9,11-12,17-19H,7,10,13-14H2. The van der Waals surface area contributed by atoms with Gasteiger partial charge >= 0.3 is 0 Å². The van der Waals surface area contributed by atoms with E-state index in [1.165, 1.54) is 30.4 Å². The highest BCUT2D eigenvalue weighted by Gasteiger charge is 2.37. The fourth-order valence-electron chi connectivity index (χ4n) is 2.71. The first-order chi connectivity index (χ1) is 9.43. The third-order valence-electron chi connectivity index (χ3n) is 3.91. The number of hydrogen-bond acceptors (Lipinski definition) is 1. The van der Waals surface area contributed by atoms with Crippen LogP contribution in [0.3, 0.4) is 0 Å². The van der Waals surface area contributed by atoms with Crippen molar-refractivity contribution in [3.8, 4) is 0 Å². The summed E-state index contributed by atoms with van der Waals surface area (Å²) in [5.41, 5.74) is 2.93. The monoisotopic (exact) mass is 251 g/mol. The molecule has 2 aromatic rings. The SMILES string of the molecule is c1ccc(CCCNC2CC2c2ccccc2)cc1. The van der Waals surface area contributed by atoms with Crippen LogP contribution in [-0.4, -0.2) is 12.6 Å². The number of nitrogens with one attached hydrogen (secondary N) is 1. The molecule has 1 fully saturated rings. The Morgan fingerprint density at radius 3 is 2.32 bits per heavy atom. The van der Waals surface area contributed by atoms with Crippen molar-refractivity contribution < 1.29 is 0 Å². The molecule has 3 rings (SSSR count). The summed E-state index contributed by atoms with van der Waals surface area (Å²) >= 11 is 0. The van der Waals surface area contributed by atoms with Gasteiger partial charge in [0.05, 0.1) is 0 Å². The van der Waals surface area contributed by atoms with E-state index < -0.39 is 0 Å². The maximum atomic E-state index is 3.68. The van der Waals surface area contributed by atoms with E-state index in [9.17, 15) is 0 Å². The van der Waals surface area contributed by atoms with Crippen LogP contribution in [0.4, 0.5) is 0 Å². The van der Waals surface area contributed by atoms with E-state index >= 15 is 0 Å². The summed E-state index contributed by atoms with van der Waals surface area (Å²) in [6, 6.07) is 22.3. The van der Waals surface area contributed by atoms with Crippen molar-refractivity contribution in [2.24, 2.45) is 0 Å². The summed E-state index contributed by atoms with van der Waals surface area (Å²) < 4.78 is 0. The van der Waals surface area contributed by atoms with Crippen molar-refractivity contribution in [2.75, 3.05) is 6.54 Å². The Labute approximate surface area is 115 Å². The molecule has 0 heterocycles. The fourth-order valence-corrected chi connectivity index (χ4v) is 2.71. The summed E-state index contributed by atoms with van der Waals surface area (Å²) in [6.07, 6.45) is 3.70. The van der Waals surface area contributed by atoms with Crippen molar-refractivity contribution in [1.82, 2.24) is 5.32 Å². The lowest BCUT2D eigenvalue weighted by Gasteiger charge is -2.05. The van der Waals surface area contributed by atoms with Gasteiger partial charge in [0.1, 0.15) is 0 Å². The van der Waals surface area contributed by atoms with Crippen LogP contribution in [0.2, 0.25) is 0 Å². The fraction of sp³-hybridized carbons (Fsp3) is 0.333. The molecule has 0 amide bonds. The second-order valence-electron chi connectivity index (χ2n) is 5.40. The molecule has 2 atom stereocenters. The third kappa shape index (κ3) is 3.45. The average molecular weight is 251 g/mol. The Hall–Kier alpha value is -1.60. The first-order valence-electron chi connectivity index (χ1n) is 7.26. The minimum absolute atomic E-state index is 0.707. The molecule has 0 spiro atoms. The summed E-state index contributed by atoms with van der Waals surface area (Å²) in [6.45, 7) is 1.13. The van der Waals surface area contributed by atoms with E-state index in [4.69, 9.17) is 0 Å². The van der Waals surface area contributed by atoms with E-state index in [0.29, 0.717) is 6.04 Å². The Bertz CT molecular complexity index is 492. The number of hydrogen-bond donors (Lipinski definition) is 1. The van der Waals surface area contributed by atoms with Gasteiger partial charge in [-0.1, -0.05) is 60.7 Å². The van der Waals surface area contributed by atoms with E-state index in [0.717, 1.165) is 12.5 Å². The second kappa shape index (κ2) is 6.03. The molecular formula is C18H21N. The highest BCUT2D eigenvalue weighted by molar-refractivity contribution is 5.27. The number of aryl methyl sites for hydroxylation is 1. The van der Waals surface area contributed by atoms with Gasteiger partial charge in [0.15, 0.2) is 0 Å². The van der Waals surface area contributed by atoms with Gasteiger partial charge in [-0.25, -0.2) is 0 Å². The first-order valence-corrected chi connectivity index (χ1v) is 7.26. The molecule has 1 N–H and O–H groups in total. The quantitative estimate of drug-likeness (QED) is 0.771. The molecule has 1 nitrogen and oxygen atoms in total. The van der Waals surface area contributed by atoms with Gasteiger partial charge in [0, 0.05) is 12.0 Å². The minimum Gasteiger partial charge on any atom is -0.313 e. The molecule has 0 saturated heterocycles. The van der Waals surface area contributed by atoms with Crippen molar-refractivity contribution in [1.29, 1.82) is 0 Å². The number of benzene rings is 2. The Kier molecular flexibility index (Phi) is 3.95. The Morgan fingerprint density at radius 1 is 0.895 bits per heavy atom. The topological polar surface area (TPSA) is 12.0 Å². The van der Waals surface area contributed by atoms with Crippen LogP contribution in [0, 0.1) is 0 Å². The minimum atomic E-state index is 0.707. The van der Waals surface area contributed by atoms with Crippen molar-refractivity contribution >= 4 is 0 Å². The highest BCUT2D eigenvalue weighted by atomic mass is 15.0. The molecule has 1 aliphatic carbocycles. The normalized spacial score (nSPS) is 21.3. The van der Waals surface area contributed by atoms with Gasteiger partial charge in [0.2, 0.25) is 0 Å². The molecule has 98 valence electrons. The summed E-state index contributed by atoms with van der Waals surface area (Å²) in [7, 11) is 0. The summed E-state index contributed by atoms with van der Waals surface area (Å²) in [4.78, 5) is 0. The molecule has 2 aromatic carbocycles. The predicted molar refractivity (Wildman–Crippen MR) is 80.4 cm³/mol. The predicted octanol–water partition coefficient (Wildman–Crippen LogP) is 3.76. The highest BCUT2D eigenvalue weighted by Crippen LogP contribution is 2.40. The van der Waals surface area contributed by atoms with Crippen LogP contribution in [-0.2, 0) is 6.42 Å². The van der Waals surface area contributed by atoms with Gasteiger partial charge in [-0.3, -0.25) is 0 Å². The molecule has 2 unspecified atom stereocenters. The Morgan fingerprint density at radius 2 is 1.58 bits per heavy atom. The van der Waals surface area contributed by atoms with Gasteiger partial charge in [-0.2, -0.15) is 0 Å². The van der Waals surface area contributed by atoms with Crippen LogP contribution in [0.5, 0.6) is 0 Å². The Balaban J connectivity index is 1.36. The number of rotatable bonds is 6. The van der Waals surface area contributed by atoms with E-state index in [2.05, 4.69) is 66.0 Å². The largest absolute Gasteiger partial charge is 0.313 e. The molecule has 0 aliphatic heterocycles. The molecule has 1 saturated carbocycles. The second-order valence-corrected chi connectivity index (χ2v) is 5.40. The van der Waals surface area contributed by atoms with E-state index in [1.54, 1.807) is 0 Å². The van der Waals surface area contributed by atoms with Gasteiger partial charge < -0.3 is 5.32 Å². The molecular weight excluding hydrogens is 230 g/mol. The molecule has 0 radical (unpaired) electrons. The van der Waals surface area contributed by atoms with Crippen LogP contribution < -0.4 is 5.32 Å². The van der Waals surface area contributed by atoms with E-state index in [-0.39, 0.29) is 0 Å². The van der Waals surface area contributed by atoms with Crippen molar-refractivity contribution in [2.45, 2.75) is 31.2 Å². The molecule has 19 heavy (non-hydrogen) atoms. The maximum absolute atomic E-state index is 3.68. The lowest BCUT2D eigenvalue weighted by Crippen LogP contribution is -2.19. The molecule has 1 aliphatic rings. The lowest BCUT2D eigenvalue weighted by atomic mass is 10.1. The lowest BCUT2D eigenvalue weighted by molar-refractivity contribution is 0.635. The van der Waals surface area contributed by atoms with Gasteiger partial charge in [-0.15, -0.1) is 0 Å². The van der Waals surface area contributed by atoms with E-state index in [1.807, 2.05) is 0 Å². The first kappa shape index (κ1) is 12.4. The summed E-state index contributed by atoms with van der Waals surface area (Å²) in [5, 5.41) is 3.68. The molecule has 0 bridgehead atoms. The third-order valence-corrected chi connectivity index (χ3v) is 3.91. The van der Waals surface area contributed by atoms with Crippen LogP contribution in [0.1, 0.15) is 29.9 Å². The van der Waals surface area contributed by atoms with Crippen LogP contribution in [0.15, 0.2) is 60.7 Å².